The van der Waals surface area contributed by atoms with Crippen LogP contribution in [0.4, 0.5) is 0 Å². The quantitative estimate of drug-likeness (QED) is 0.319. The number of hydrogen-bond donors (Lipinski definition) is 0. The van der Waals surface area contributed by atoms with Crippen LogP contribution in [-0.2, 0) is 5.41 Å². The highest BCUT2D eigenvalue weighted by molar-refractivity contribution is 5.68. The number of hydrogen-bond acceptors (Lipinski definition) is 2. The molecule has 0 saturated heterocycles. The minimum atomic E-state index is 0.123. The second kappa shape index (κ2) is 9.06. The highest BCUT2D eigenvalue weighted by Gasteiger charge is 2.28. The van der Waals surface area contributed by atoms with Crippen LogP contribution in [0.25, 0.3) is 22.6 Å². The van der Waals surface area contributed by atoms with E-state index in [2.05, 4.69) is 123 Å². The summed E-state index contributed by atoms with van der Waals surface area (Å²) in [4.78, 5) is 0. The van der Waals surface area contributed by atoms with Gasteiger partial charge in [0, 0.05) is 17.2 Å². The van der Waals surface area contributed by atoms with Crippen LogP contribution in [0.1, 0.15) is 63.4 Å². The Balaban J connectivity index is 1.54. The van der Waals surface area contributed by atoms with Crippen molar-refractivity contribution in [3.8, 4) is 17.1 Å². The van der Waals surface area contributed by atoms with E-state index in [1.165, 1.54) is 16.7 Å². The molecule has 2 unspecified atom stereocenters. The molecular formula is C31H33N3. The Kier molecular flexibility index (Phi) is 5.95. The van der Waals surface area contributed by atoms with Crippen LogP contribution in [0.2, 0.25) is 0 Å². The van der Waals surface area contributed by atoms with Crippen LogP contribution < -0.4 is 0 Å². The minimum Gasteiger partial charge on any atom is -0.279 e. The molecule has 3 nitrogen and oxygen atoms in total. The number of para-hydroxylation sites is 1. The van der Waals surface area contributed by atoms with Gasteiger partial charge in [-0.1, -0.05) is 107 Å². The molecule has 0 aliphatic heterocycles. The summed E-state index contributed by atoms with van der Waals surface area (Å²) in [7, 11) is 0. The highest BCUT2D eigenvalue weighted by Crippen LogP contribution is 2.41. The lowest BCUT2D eigenvalue weighted by atomic mass is 9.79. The van der Waals surface area contributed by atoms with Gasteiger partial charge in [0.2, 0.25) is 0 Å². The molecule has 2 atom stereocenters. The van der Waals surface area contributed by atoms with Gasteiger partial charge >= 0.3 is 0 Å². The summed E-state index contributed by atoms with van der Waals surface area (Å²) in [6, 6.07) is 30.1. The van der Waals surface area contributed by atoms with Crippen LogP contribution in [0, 0.1) is 5.92 Å². The highest BCUT2D eigenvalue weighted by atomic mass is 15.3. The molecule has 3 heteroatoms. The summed E-state index contributed by atoms with van der Waals surface area (Å²) < 4.78 is 2.27. The fourth-order valence-electron chi connectivity index (χ4n) is 5.06. The smallest absolute Gasteiger partial charge is 0.168 e. The first-order chi connectivity index (χ1) is 16.4. The molecule has 1 aromatic heterocycles. The fourth-order valence-corrected chi connectivity index (χ4v) is 5.06. The van der Waals surface area contributed by atoms with Crippen molar-refractivity contribution < 1.29 is 0 Å². The largest absolute Gasteiger partial charge is 0.279 e. The Bertz CT molecular complexity index is 1280. The lowest BCUT2D eigenvalue weighted by Gasteiger charge is -2.28. The van der Waals surface area contributed by atoms with Gasteiger partial charge in [-0.25, -0.2) is 0 Å². The lowest BCUT2D eigenvalue weighted by Crippen LogP contribution is -2.16. The van der Waals surface area contributed by atoms with E-state index in [0.29, 0.717) is 11.8 Å². The van der Waals surface area contributed by atoms with E-state index in [9.17, 15) is 0 Å². The van der Waals surface area contributed by atoms with Crippen molar-refractivity contribution in [3.05, 3.63) is 108 Å². The molecule has 0 saturated carbocycles. The van der Waals surface area contributed by atoms with Crippen LogP contribution in [-0.4, -0.2) is 14.8 Å². The molecular weight excluding hydrogens is 414 g/mol. The first-order valence-corrected chi connectivity index (χ1v) is 12.3. The van der Waals surface area contributed by atoms with Gasteiger partial charge in [0.05, 0.1) is 0 Å². The van der Waals surface area contributed by atoms with Gasteiger partial charge in [-0.15, -0.1) is 10.2 Å². The van der Waals surface area contributed by atoms with E-state index in [0.717, 1.165) is 35.7 Å². The van der Waals surface area contributed by atoms with Crippen LogP contribution >= 0.6 is 0 Å². The number of nitrogens with zero attached hydrogens (tertiary/aromatic N) is 3. The van der Waals surface area contributed by atoms with Crippen molar-refractivity contribution in [2.45, 2.75) is 51.9 Å². The van der Waals surface area contributed by atoms with Gasteiger partial charge in [-0.3, -0.25) is 4.57 Å². The first kappa shape index (κ1) is 22.3. The third kappa shape index (κ3) is 4.35. The molecule has 3 aromatic carbocycles. The van der Waals surface area contributed by atoms with Crippen molar-refractivity contribution in [2.24, 2.45) is 5.92 Å². The summed E-state index contributed by atoms with van der Waals surface area (Å²) in [5.41, 5.74) is 6.43. The van der Waals surface area contributed by atoms with Gasteiger partial charge in [-0.05, 0) is 53.0 Å². The minimum absolute atomic E-state index is 0.123. The predicted octanol–water partition coefficient (Wildman–Crippen LogP) is 7.83. The predicted molar refractivity (Wildman–Crippen MR) is 141 cm³/mol. The molecule has 5 rings (SSSR count). The third-order valence-electron chi connectivity index (χ3n) is 6.98. The topological polar surface area (TPSA) is 30.7 Å². The summed E-state index contributed by atoms with van der Waals surface area (Å²) in [5, 5.41) is 9.50. The standard InChI is InChI=1S/C31H33N3/c1-22-21-25(17-20-28(22)23-11-7-5-8-12-23)30-33-32-29(34(30)27-13-9-6-10-14-27)24-15-18-26(19-16-24)31(2,3)4/h5-16,18-20,22,25H,17,21H2,1-4H3. The monoisotopic (exact) mass is 447 g/mol. The van der Waals surface area contributed by atoms with Crippen molar-refractivity contribution in [1.29, 1.82) is 0 Å². The molecule has 4 aromatic rings. The maximum absolute atomic E-state index is 4.78. The van der Waals surface area contributed by atoms with Crippen molar-refractivity contribution >= 4 is 5.57 Å². The lowest BCUT2D eigenvalue weighted by molar-refractivity contribution is 0.501. The van der Waals surface area contributed by atoms with Gasteiger partial charge in [-0.2, -0.15) is 0 Å². The van der Waals surface area contributed by atoms with Crippen molar-refractivity contribution in [3.63, 3.8) is 0 Å². The molecule has 0 N–H and O–H groups in total. The fraction of sp³-hybridized carbons (Fsp3) is 0.290. The van der Waals surface area contributed by atoms with Gasteiger partial charge in [0.15, 0.2) is 5.82 Å². The summed E-state index contributed by atoms with van der Waals surface area (Å²) in [6.45, 7) is 9.07. The Morgan fingerprint density at radius 3 is 2.03 bits per heavy atom. The first-order valence-electron chi connectivity index (χ1n) is 12.3. The number of benzene rings is 3. The summed E-state index contributed by atoms with van der Waals surface area (Å²) in [6.07, 6.45) is 4.45. The molecule has 0 spiro atoms. The van der Waals surface area contributed by atoms with Crippen LogP contribution in [0.15, 0.2) is 91.0 Å². The maximum Gasteiger partial charge on any atom is 0.168 e. The number of allylic oxidation sites excluding steroid dienone is 2. The van der Waals surface area contributed by atoms with E-state index < -0.39 is 0 Å². The molecule has 0 bridgehead atoms. The number of aromatic nitrogens is 3. The molecule has 0 radical (unpaired) electrons. The second-order valence-corrected chi connectivity index (χ2v) is 10.5. The SMILES string of the molecule is CC1CC(c2nnc(-c3ccc(C(C)(C)C)cc3)n2-c2ccccc2)CC=C1c1ccccc1. The zero-order valence-electron chi connectivity index (χ0n) is 20.6. The van der Waals surface area contributed by atoms with Crippen molar-refractivity contribution in [2.75, 3.05) is 0 Å². The van der Waals surface area contributed by atoms with Crippen molar-refractivity contribution in [1.82, 2.24) is 14.8 Å². The van der Waals surface area contributed by atoms with Crippen LogP contribution in [0.3, 0.4) is 0 Å². The van der Waals surface area contributed by atoms with E-state index >= 15 is 0 Å². The summed E-state index contributed by atoms with van der Waals surface area (Å²) in [5.74, 6) is 2.76. The summed E-state index contributed by atoms with van der Waals surface area (Å²) >= 11 is 0. The number of rotatable bonds is 4. The van der Waals surface area contributed by atoms with Gasteiger partial charge in [0.25, 0.3) is 0 Å². The van der Waals surface area contributed by atoms with E-state index in [1.807, 2.05) is 0 Å². The molecule has 1 aliphatic carbocycles. The van der Waals surface area contributed by atoms with E-state index in [4.69, 9.17) is 10.2 Å². The molecule has 0 amide bonds. The zero-order chi connectivity index (χ0) is 23.7. The van der Waals surface area contributed by atoms with Crippen LogP contribution in [0.5, 0.6) is 0 Å². The van der Waals surface area contributed by atoms with E-state index in [-0.39, 0.29) is 5.41 Å². The average Bonchev–Trinajstić information content (AvgIpc) is 3.30. The van der Waals surface area contributed by atoms with Gasteiger partial charge in [0.1, 0.15) is 5.82 Å². The molecule has 1 aliphatic rings. The average molecular weight is 448 g/mol. The van der Waals surface area contributed by atoms with E-state index in [1.54, 1.807) is 0 Å². The van der Waals surface area contributed by atoms with Gasteiger partial charge < -0.3 is 0 Å². The Morgan fingerprint density at radius 2 is 1.41 bits per heavy atom. The Hall–Kier alpha value is -3.46. The Morgan fingerprint density at radius 1 is 0.765 bits per heavy atom. The third-order valence-corrected chi connectivity index (χ3v) is 6.98. The maximum atomic E-state index is 4.78. The molecule has 172 valence electrons. The second-order valence-electron chi connectivity index (χ2n) is 10.5. The molecule has 34 heavy (non-hydrogen) atoms. The molecule has 0 fully saturated rings. The zero-order valence-corrected chi connectivity index (χ0v) is 20.6. The Labute approximate surface area is 203 Å². The molecule has 1 heterocycles. The normalized spacial score (nSPS) is 18.5.